The number of benzene rings is 2. The molecule has 2 aromatic carbocycles. The summed E-state index contributed by atoms with van der Waals surface area (Å²) in [6.45, 7) is 6.20. The molecule has 0 saturated carbocycles. The summed E-state index contributed by atoms with van der Waals surface area (Å²) in [5.74, 6) is -0.475. The standard InChI is InChI=1S/C24H32ClN3O4S/c1-5-26-24(30)19(3)27(17-20-11-8-12-21(25)16-20)23(29)14-9-15-28(33(4,31)32)22-13-7-6-10-18(22)2/h6-8,10-13,16,19H,5,9,14-15,17H2,1-4H3,(H,26,30)/t19-/m1/s1. The molecule has 0 heterocycles. The zero-order chi connectivity index (χ0) is 24.6. The number of hydrogen-bond donors (Lipinski definition) is 1. The molecule has 0 radical (unpaired) electrons. The van der Waals surface area contributed by atoms with Crippen LogP contribution in [-0.2, 0) is 26.2 Å². The van der Waals surface area contributed by atoms with Gasteiger partial charge in [-0.2, -0.15) is 0 Å². The largest absolute Gasteiger partial charge is 0.355 e. The number of nitrogens with zero attached hydrogens (tertiary/aromatic N) is 2. The Hall–Kier alpha value is -2.58. The van der Waals surface area contributed by atoms with Crippen LogP contribution in [0, 0.1) is 6.92 Å². The molecule has 0 spiro atoms. The Morgan fingerprint density at radius 3 is 2.42 bits per heavy atom. The van der Waals surface area contributed by atoms with Gasteiger partial charge in [0.2, 0.25) is 21.8 Å². The maximum absolute atomic E-state index is 13.2. The summed E-state index contributed by atoms with van der Waals surface area (Å²) < 4.78 is 26.1. The van der Waals surface area contributed by atoms with Crippen LogP contribution in [0.25, 0.3) is 0 Å². The molecule has 1 atom stereocenters. The molecule has 33 heavy (non-hydrogen) atoms. The van der Waals surface area contributed by atoms with Gasteiger partial charge < -0.3 is 10.2 Å². The average Bonchev–Trinajstić information content (AvgIpc) is 2.74. The lowest BCUT2D eigenvalue weighted by Gasteiger charge is -2.29. The van der Waals surface area contributed by atoms with E-state index in [0.717, 1.165) is 17.4 Å². The second kappa shape index (κ2) is 12.0. The topological polar surface area (TPSA) is 86.8 Å². The first-order chi connectivity index (χ1) is 15.5. The van der Waals surface area contributed by atoms with E-state index in [9.17, 15) is 18.0 Å². The first-order valence-corrected chi connectivity index (χ1v) is 13.1. The molecule has 2 aromatic rings. The number of amides is 2. The van der Waals surface area contributed by atoms with E-state index in [4.69, 9.17) is 11.6 Å². The van der Waals surface area contributed by atoms with Gasteiger partial charge in [-0.25, -0.2) is 8.42 Å². The highest BCUT2D eigenvalue weighted by atomic mass is 35.5. The van der Waals surface area contributed by atoms with Gasteiger partial charge in [0.1, 0.15) is 6.04 Å². The van der Waals surface area contributed by atoms with E-state index in [-0.39, 0.29) is 31.3 Å². The van der Waals surface area contributed by atoms with Gasteiger partial charge in [-0.3, -0.25) is 13.9 Å². The molecule has 2 rings (SSSR count). The summed E-state index contributed by atoms with van der Waals surface area (Å²) in [7, 11) is -3.52. The lowest BCUT2D eigenvalue weighted by molar-refractivity contribution is -0.140. The summed E-state index contributed by atoms with van der Waals surface area (Å²) in [5.41, 5.74) is 2.24. The number of para-hydroxylation sites is 1. The smallest absolute Gasteiger partial charge is 0.242 e. The summed E-state index contributed by atoms with van der Waals surface area (Å²) in [6.07, 6.45) is 1.57. The van der Waals surface area contributed by atoms with Crippen LogP contribution < -0.4 is 9.62 Å². The van der Waals surface area contributed by atoms with Crippen molar-refractivity contribution in [2.24, 2.45) is 0 Å². The second-order valence-electron chi connectivity index (χ2n) is 7.95. The van der Waals surface area contributed by atoms with Gasteiger partial charge in [-0.05, 0) is 56.5 Å². The predicted molar refractivity (Wildman–Crippen MR) is 133 cm³/mol. The first-order valence-electron chi connectivity index (χ1n) is 10.9. The number of carbonyl (C=O) groups is 2. The lowest BCUT2D eigenvalue weighted by Crippen LogP contribution is -2.47. The van der Waals surface area contributed by atoms with Crippen molar-refractivity contribution in [3.8, 4) is 0 Å². The minimum absolute atomic E-state index is 0.0994. The van der Waals surface area contributed by atoms with Gasteiger partial charge in [0.15, 0.2) is 0 Å². The summed E-state index contributed by atoms with van der Waals surface area (Å²) in [5, 5.41) is 3.30. The fraction of sp³-hybridized carbons (Fsp3) is 0.417. The van der Waals surface area contributed by atoms with E-state index in [0.29, 0.717) is 23.7 Å². The summed E-state index contributed by atoms with van der Waals surface area (Å²) in [4.78, 5) is 27.1. The Balaban J connectivity index is 2.16. The van der Waals surface area contributed by atoms with Gasteiger partial charge >= 0.3 is 0 Å². The average molecular weight is 494 g/mol. The third kappa shape index (κ3) is 7.75. The molecule has 0 aliphatic rings. The highest BCUT2D eigenvalue weighted by Gasteiger charge is 2.26. The van der Waals surface area contributed by atoms with Crippen LogP contribution in [0.15, 0.2) is 48.5 Å². The van der Waals surface area contributed by atoms with Crippen molar-refractivity contribution in [1.29, 1.82) is 0 Å². The third-order valence-electron chi connectivity index (χ3n) is 5.30. The lowest BCUT2D eigenvalue weighted by atomic mass is 10.1. The van der Waals surface area contributed by atoms with Gasteiger partial charge in [0.05, 0.1) is 11.9 Å². The highest BCUT2D eigenvalue weighted by Crippen LogP contribution is 2.23. The van der Waals surface area contributed by atoms with Crippen LogP contribution in [0.2, 0.25) is 5.02 Å². The normalized spacial score (nSPS) is 12.2. The van der Waals surface area contributed by atoms with Crippen LogP contribution >= 0.6 is 11.6 Å². The zero-order valence-electron chi connectivity index (χ0n) is 19.5. The van der Waals surface area contributed by atoms with Crippen molar-refractivity contribution in [2.45, 2.75) is 46.2 Å². The minimum Gasteiger partial charge on any atom is -0.355 e. The molecule has 0 saturated heterocycles. The number of hydrogen-bond acceptors (Lipinski definition) is 4. The molecule has 180 valence electrons. The Morgan fingerprint density at radius 1 is 1.12 bits per heavy atom. The molecule has 7 nitrogen and oxygen atoms in total. The SMILES string of the molecule is CCNC(=O)[C@@H](C)N(Cc1cccc(Cl)c1)C(=O)CCCN(c1ccccc1C)S(C)(=O)=O. The molecule has 9 heteroatoms. The third-order valence-corrected chi connectivity index (χ3v) is 6.71. The van der Waals surface area contributed by atoms with E-state index >= 15 is 0 Å². The maximum atomic E-state index is 13.2. The van der Waals surface area contributed by atoms with Crippen molar-refractivity contribution >= 4 is 39.1 Å². The maximum Gasteiger partial charge on any atom is 0.242 e. The Bertz CT molecular complexity index is 1070. The Kier molecular flexibility index (Phi) is 9.73. The van der Waals surface area contributed by atoms with Crippen LogP contribution in [0.4, 0.5) is 5.69 Å². The van der Waals surface area contributed by atoms with E-state index in [1.165, 1.54) is 9.21 Å². The number of likely N-dealkylation sites (N-methyl/N-ethyl adjacent to an activating group) is 1. The van der Waals surface area contributed by atoms with Gasteiger partial charge in [-0.1, -0.05) is 41.9 Å². The number of carbonyl (C=O) groups excluding carboxylic acids is 2. The number of anilines is 1. The van der Waals surface area contributed by atoms with Gasteiger partial charge in [0, 0.05) is 31.1 Å². The predicted octanol–water partition coefficient (Wildman–Crippen LogP) is 3.75. The Labute approximate surface area is 201 Å². The van der Waals surface area contributed by atoms with Crippen molar-refractivity contribution in [3.63, 3.8) is 0 Å². The van der Waals surface area contributed by atoms with E-state index in [2.05, 4.69) is 5.32 Å². The van der Waals surface area contributed by atoms with Crippen molar-refractivity contribution in [2.75, 3.05) is 23.7 Å². The van der Waals surface area contributed by atoms with E-state index in [1.807, 2.05) is 32.0 Å². The van der Waals surface area contributed by atoms with E-state index in [1.54, 1.807) is 37.3 Å². The summed E-state index contributed by atoms with van der Waals surface area (Å²) in [6, 6.07) is 13.7. The fourth-order valence-electron chi connectivity index (χ4n) is 3.56. The summed E-state index contributed by atoms with van der Waals surface area (Å²) >= 11 is 6.09. The zero-order valence-corrected chi connectivity index (χ0v) is 21.1. The van der Waals surface area contributed by atoms with Crippen LogP contribution in [-0.4, -0.2) is 50.5 Å². The monoisotopic (exact) mass is 493 g/mol. The fourth-order valence-corrected chi connectivity index (χ4v) is 4.80. The molecule has 0 aromatic heterocycles. The second-order valence-corrected chi connectivity index (χ2v) is 10.3. The molecule has 2 amide bonds. The molecule has 0 unspecified atom stereocenters. The molecule has 1 N–H and O–H groups in total. The number of nitrogens with one attached hydrogen (secondary N) is 1. The van der Waals surface area contributed by atoms with Gasteiger partial charge in [-0.15, -0.1) is 0 Å². The molecule has 0 fully saturated rings. The van der Waals surface area contributed by atoms with E-state index < -0.39 is 16.1 Å². The van der Waals surface area contributed by atoms with Crippen LogP contribution in [0.3, 0.4) is 0 Å². The van der Waals surface area contributed by atoms with Crippen LogP contribution in [0.1, 0.15) is 37.8 Å². The molecular formula is C24H32ClN3O4S. The minimum atomic E-state index is -3.52. The van der Waals surface area contributed by atoms with Crippen molar-refractivity contribution in [1.82, 2.24) is 10.2 Å². The molecule has 0 aliphatic heterocycles. The molecular weight excluding hydrogens is 462 g/mol. The molecule has 0 bridgehead atoms. The Morgan fingerprint density at radius 2 is 1.82 bits per heavy atom. The van der Waals surface area contributed by atoms with Crippen molar-refractivity contribution in [3.05, 3.63) is 64.7 Å². The number of halogens is 1. The molecule has 0 aliphatic carbocycles. The number of aryl methyl sites for hydroxylation is 1. The quantitative estimate of drug-likeness (QED) is 0.516. The number of rotatable bonds is 11. The highest BCUT2D eigenvalue weighted by molar-refractivity contribution is 7.92. The van der Waals surface area contributed by atoms with Crippen molar-refractivity contribution < 1.29 is 18.0 Å². The van der Waals surface area contributed by atoms with Gasteiger partial charge in [0.25, 0.3) is 0 Å². The van der Waals surface area contributed by atoms with Crippen LogP contribution in [0.5, 0.6) is 0 Å². The first kappa shape index (κ1) is 26.7. The number of sulfonamides is 1.